The molecule has 3 nitrogen and oxygen atoms in total. The second kappa shape index (κ2) is 4.94. The topological polar surface area (TPSA) is 46.3 Å². The van der Waals surface area contributed by atoms with E-state index in [9.17, 15) is 4.79 Å². The van der Waals surface area contributed by atoms with Crippen molar-refractivity contribution in [1.29, 1.82) is 0 Å². The molecule has 1 aliphatic rings. The average molecular weight is 331 g/mol. The normalized spacial score (nSPS) is 25.6. The number of thiophene rings is 1. The molecule has 1 aliphatic heterocycles. The number of carbonyl (C=O) groups excluding carboxylic acids is 1. The Bertz CT molecular complexity index is 452. The molecule has 0 spiro atoms. The summed E-state index contributed by atoms with van der Waals surface area (Å²) < 4.78 is 1.08. The average Bonchev–Trinajstić information content (AvgIpc) is 2.66. The van der Waals surface area contributed by atoms with Crippen LogP contribution in [0.4, 0.5) is 0 Å². The van der Waals surface area contributed by atoms with Crippen molar-refractivity contribution in [2.45, 2.75) is 51.2 Å². The lowest BCUT2D eigenvalue weighted by atomic mass is 9.90. The van der Waals surface area contributed by atoms with Crippen molar-refractivity contribution >= 4 is 33.2 Å². The number of hydrogen-bond donors (Lipinski definition) is 1. The molecule has 2 N–H and O–H groups in total. The van der Waals surface area contributed by atoms with Crippen LogP contribution in [0.5, 0.6) is 0 Å². The van der Waals surface area contributed by atoms with Gasteiger partial charge < -0.3 is 10.6 Å². The lowest BCUT2D eigenvalue weighted by molar-refractivity contribution is -0.143. The van der Waals surface area contributed by atoms with Gasteiger partial charge in [0.05, 0.1) is 9.83 Å². The monoisotopic (exact) mass is 330 g/mol. The molecule has 2 heterocycles. The molecule has 0 aromatic carbocycles. The fourth-order valence-electron chi connectivity index (χ4n) is 2.53. The Hall–Kier alpha value is -0.390. The van der Waals surface area contributed by atoms with E-state index >= 15 is 0 Å². The van der Waals surface area contributed by atoms with E-state index in [-0.39, 0.29) is 23.5 Å². The third kappa shape index (κ3) is 2.63. The van der Waals surface area contributed by atoms with Crippen LogP contribution in [0.1, 0.15) is 44.5 Å². The highest BCUT2D eigenvalue weighted by Crippen LogP contribution is 2.39. The zero-order chi connectivity index (χ0) is 13.5. The number of piperidine rings is 1. The highest BCUT2D eigenvalue weighted by Gasteiger charge is 2.41. The van der Waals surface area contributed by atoms with Gasteiger partial charge in [-0.2, -0.15) is 0 Å². The molecule has 2 rings (SSSR count). The van der Waals surface area contributed by atoms with Crippen molar-refractivity contribution in [3.63, 3.8) is 0 Å². The lowest BCUT2D eigenvalue weighted by Gasteiger charge is -2.46. The lowest BCUT2D eigenvalue weighted by Crippen LogP contribution is -2.55. The highest BCUT2D eigenvalue weighted by molar-refractivity contribution is 9.11. The minimum absolute atomic E-state index is 0.00236. The zero-order valence-corrected chi connectivity index (χ0v) is 13.3. The number of rotatable bonds is 1. The molecule has 1 fully saturated rings. The van der Waals surface area contributed by atoms with Gasteiger partial charge in [-0.25, -0.2) is 0 Å². The van der Waals surface area contributed by atoms with Crippen molar-refractivity contribution in [3.05, 3.63) is 20.8 Å². The smallest absolute Gasteiger partial charge is 0.223 e. The van der Waals surface area contributed by atoms with Crippen LogP contribution in [0.3, 0.4) is 0 Å². The Morgan fingerprint density at radius 3 is 2.61 bits per heavy atom. The first kappa shape index (κ1) is 14.0. The van der Waals surface area contributed by atoms with Gasteiger partial charge in [0.25, 0.3) is 0 Å². The molecular weight excluding hydrogens is 312 g/mol. The fraction of sp³-hybridized carbons (Fsp3) is 0.615. The maximum absolute atomic E-state index is 12.2. The Balaban J connectivity index is 2.41. The second-order valence-electron chi connectivity index (χ2n) is 5.72. The Kier molecular flexibility index (Phi) is 3.85. The Morgan fingerprint density at radius 1 is 1.44 bits per heavy atom. The van der Waals surface area contributed by atoms with E-state index in [0.717, 1.165) is 15.1 Å². The molecule has 0 aliphatic carbocycles. The van der Waals surface area contributed by atoms with E-state index < -0.39 is 0 Å². The van der Waals surface area contributed by atoms with Crippen LogP contribution in [0.15, 0.2) is 15.9 Å². The summed E-state index contributed by atoms with van der Waals surface area (Å²) in [5.74, 6) is 0.207. The predicted molar refractivity (Wildman–Crippen MR) is 78.6 cm³/mol. The van der Waals surface area contributed by atoms with Gasteiger partial charge in [0.1, 0.15) is 0 Å². The number of likely N-dealkylation sites (tertiary alicyclic amines) is 1. The van der Waals surface area contributed by atoms with Gasteiger partial charge in [-0.05, 0) is 55.3 Å². The van der Waals surface area contributed by atoms with Crippen LogP contribution in [0, 0.1) is 0 Å². The summed E-state index contributed by atoms with van der Waals surface area (Å²) in [6.07, 6.45) is 1.33. The standard InChI is InChI=1S/C13H19BrN2OS/c1-13(2,3)16-11(17)7-4-8(15)12(16)9-5-6-10(14)18-9/h5-6,8,12H,4,7,15H2,1-3H3. The second-order valence-corrected chi connectivity index (χ2v) is 8.22. The van der Waals surface area contributed by atoms with Gasteiger partial charge in [0, 0.05) is 22.9 Å². The van der Waals surface area contributed by atoms with Crippen molar-refractivity contribution in [2.24, 2.45) is 5.73 Å². The molecule has 0 saturated carbocycles. The summed E-state index contributed by atoms with van der Waals surface area (Å²) in [6.45, 7) is 6.20. The van der Waals surface area contributed by atoms with Crippen LogP contribution in [0.2, 0.25) is 0 Å². The Morgan fingerprint density at radius 2 is 2.11 bits per heavy atom. The SMILES string of the molecule is CC(C)(C)N1C(=O)CCC(N)C1c1ccc(Br)s1. The number of nitrogens with zero attached hydrogens (tertiary/aromatic N) is 1. The molecule has 1 aromatic heterocycles. The highest BCUT2D eigenvalue weighted by atomic mass is 79.9. The number of halogens is 1. The molecule has 100 valence electrons. The van der Waals surface area contributed by atoms with Gasteiger partial charge >= 0.3 is 0 Å². The summed E-state index contributed by atoms with van der Waals surface area (Å²) in [6, 6.07) is 4.11. The predicted octanol–water partition coefficient (Wildman–Crippen LogP) is 3.30. The number of carbonyl (C=O) groups is 1. The Labute approximate surface area is 120 Å². The van der Waals surface area contributed by atoms with Gasteiger partial charge in [0.2, 0.25) is 5.91 Å². The molecule has 5 heteroatoms. The molecule has 2 unspecified atom stereocenters. The third-order valence-corrected chi connectivity index (χ3v) is 4.95. The first-order valence-corrected chi connectivity index (χ1v) is 7.74. The van der Waals surface area contributed by atoms with E-state index in [1.807, 2.05) is 11.0 Å². The quantitative estimate of drug-likeness (QED) is 0.858. The first-order valence-electron chi connectivity index (χ1n) is 6.13. The van der Waals surface area contributed by atoms with Gasteiger partial charge in [-0.15, -0.1) is 11.3 Å². The third-order valence-electron chi connectivity index (χ3n) is 3.25. The number of hydrogen-bond acceptors (Lipinski definition) is 3. The van der Waals surface area contributed by atoms with Gasteiger partial charge in [-0.3, -0.25) is 4.79 Å². The summed E-state index contributed by atoms with van der Waals surface area (Å²) in [5.41, 5.74) is 6.07. The van der Waals surface area contributed by atoms with Crippen molar-refractivity contribution in [1.82, 2.24) is 4.90 Å². The van der Waals surface area contributed by atoms with Crippen LogP contribution in [-0.4, -0.2) is 22.4 Å². The van der Waals surface area contributed by atoms with Crippen LogP contribution in [-0.2, 0) is 4.79 Å². The van der Waals surface area contributed by atoms with E-state index in [4.69, 9.17) is 5.73 Å². The zero-order valence-electron chi connectivity index (χ0n) is 10.9. The molecule has 1 amide bonds. The minimum atomic E-state index is -0.198. The molecule has 1 saturated heterocycles. The molecule has 2 atom stereocenters. The molecular formula is C13H19BrN2OS. The molecule has 1 aromatic rings. The molecule has 0 bridgehead atoms. The maximum Gasteiger partial charge on any atom is 0.223 e. The number of amides is 1. The largest absolute Gasteiger partial charge is 0.328 e. The first-order chi connectivity index (χ1) is 8.30. The number of nitrogens with two attached hydrogens (primary N) is 1. The van der Waals surface area contributed by atoms with Crippen LogP contribution < -0.4 is 5.73 Å². The summed E-state index contributed by atoms with van der Waals surface area (Å²) in [5, 5.41) is 0. The fourth-order valence-corrected chi connectivity index (χ4v) is 4.12. The molecule has 0 radical (unpaired) electrons. The molecule has 18 heavy (non-hydrogen) atoms. The van der Waals surface area contributed by atoms with E-state index in [1.54, 1.807) is 11.3 Å². The van der Waals surface area contributed by atoms with Crippen LogP contribution >= 0.6 is 27.3 Å². The van der Waals surface area contributed by atoms with Gasteiger partial charge in [-0.1, -0.05) is 0 Å². The maximum atomic E-state index is 12.2. The van der Waals surface area contributed by atoms with E-state index in [0.29, 0.717) is 6.42 Å². The van der Waals surface area contributed by atoms with Crippen LogP contribution in [0.25, 0.3) is 0 Å². The van der Waals surface area contributed by atoms with E-state index in [1.165, 1.54) is 0 Å². The van der Waals surface area contributed by atoms with Gasteiger partial charge in [0.15, 0.2) is 0 Å². The summed E-state index contributed by atoms with van der Waals surface area (Å²) >= 11 is 5.14. The summed E-state index contributed by atoms with van der Waals surface area (Å²) in [7, 11) is 0. The van der Waals surface area contributed by atoms with Crippen molar-refractivity contribution in [3.8, 4) is 0 Å². The summed E-state index contributed by atoms with van der Waals surface area (Å²) in [4.78, 5) is 15.4. The van der Waals surface area contributed by atoms with Crippen molar-refractivity contribution in [2.75, 3.05) is 0 Å². The minimum Gasteiger partial charge on any atom is -0.328 e. The van der Waals surface area contributed by atoms with E-state index in [2.05, 4.69) is 42.8 Å². The van der Waals surface area contributed by atoms with Crippen molar-refractivity contribution < 1.29 is 4.79 Å².